The second-order valence-corrected chi connectivity index (χ2v) is 5.19. The van der Waals surface area contributed by atoms with E-state index in [1.807, 2.05) is 0 Å². The number of ether oxygens (including phenoxy) is 2. The molecule has 6 nitrogen and oxygen atoms in total. The van der Waals surface area contributed by atoms with Gasteiger partial charge >= 0.3 is 97.2 Å². The molecule has 0 bridgehead atoms. The van der Waals surface area contributed by atoms with E-state index in [2.05, 4.69) is 4.74 Å². The van der Waals surface area contributed by atoms with Crippen molar-refractivity contribution in [2.45, 2.75) is 35.8 Å². The summed E-state index contributed by atoms with van der Waals surface area (Å²) in [5.41, 5.74) is 0. The summed E-state index contributed by atoms with van der Waals surface area (Å²) in [6, 6.07) is 0. The van der Waals surface area contributed by atoms with Gasteiger partial charge in [-0.2, -0.15) is 0 Å². The molecule has 0 radical (unpaired) electrons. The SMILES string of the molecule is O=C(O)O[C@H]1CC[C@]([Mo])(OC(=O)O)CC1. The Hall–Kier alpha value is -0.772. The molecule has 1 aliphatic carbocycles. The quantitative estimate of drug-likeness (QED) is 0.594. The maximum absolute atomic E-state index is 10.4. The van der Waals surface area contributed by atoms with Crippen LogP contribution in [-0.2, 0) is 29.3 Å². The molecule has 1 rings (SSSR count). The summed E-state index contributed by atoms with van der Waals surface area (Å²) < 4.78 is 8.66. The topological polar surface area (TPSA) is 93.1 Å². The fourth-order valence-corrected chi connectivity index (χ4v) is 2.31. The van der Waals surface area contributed by atoms with E-state index >= 15 is 0 Å². The average Bonchev–Trinajstić information content (AvgIpc) is 2.07. The summed E-state index contributed by atoms with van der Waals surface area (Å²) in [6.45, 7) is 0. The van der Waals surface area contributed by atoms with Gasteiger partial charge in [0, 0.05) is 0 Å². The predicted molar refractivity (Wildman–Crippen MR) is 43.2 cm³/mol. The zero-order valence-corrected chi connectivity index (χ0v) is 9.85. The second kappa shape index (κ2) is 4.83. The molecule has 7 heteroatoms. The molecule has 1 aliphatic rings. The maximum atomic E-state index is 10.4. The van der Waals surface area contributed by atoms with Crippen molar-refractivity contribution in [3.63, 3.8) is 0 Å². The van der Waals surface area contributed by atoms with Crippen LogP contribution in [0.2, 0.25) is 0 Å². The van der Waals surface area contributed by atoms with Crippen LogP contribution in [0.25, 0.3) is 0 Å². The number of carbonyl (C=O) groups is 2. The molecule has 85 valence electrons. The summed E-state index contributed by atoms with van der Waals surface area (Å²) >= 11 is 1.63. The number of hydrogen-bond donors (Lipinski definition) is 2. The van der Waals surface area contributed by atoms with Crippen LogP contribution in [-0.4, -0.2) is 32.6 Å². The Morgan fingerprint density at radius 3 is 2.13 bits per heavy atom. The van der Waals surface area contributed by atoms with Crippen molar-refractivity contribution in [2.24, 2.45) is 0 Å². The molecule has 2 N–H and O–H groups in total. The Labute approximate surface area is 97.4 Å². The van der Waals surface area contributed by atoms with Crippen molar-refractivity contribution < 1.29 is 49.1 Å². The van der Waals surface area contributed by atoms with Crippen molar-refractivity contribution in [2.75, 3.05) is 0 Å². The van der Waals surface area contributed by atoms with E-state index in [1.54, 1.807) is 19.8 Å². The van der Waals surface area contributed by atoms with E-state index in [0.717, 1.165) is 0 Å². The molecule has 0 aromatic carbocycles. The molecule has 0 aromatic heterocycles. The first kappa shape index (κ1) is 12.3. The van der Waals surface area contributed by atoms with Gasteiger partial charge in [-0.3, -0.25) is 0 Å². The van der Waals surface area contributed by atoms with Crippen molar-refractivity contribution >= 4 is 12.3 Å². The van der Waals surface area contributed by atoms with Gasteiger partial charge in [-0.25, -0.2) is 0 Å². The van der Waals surface area contributed by atoms with Crippen LogP contribution in [0.3, 0.4) is 0 Å². The third-order valence-corrected chi connectivity index (χ3v) is 3.44. The Kier molecular flexibility index (Phi) is 3.96. The van der Waals surface area contributed by atoms with Crippen molar-refractivity contribution in [1.29, 1.82) is 0 Å². The molecule has 0 aromatic rings. The van der Waals surface area contributed by atoms with Gasteiger partial charge in [-0.15, -0.1) is 0 Å². The molecule has 1 saturated carbocycles. The molecule has 15 heavy (non-hydrogen) atoms. The predicted octanol–water partition coefficient (Wildman–Crippen LogP) is 1.56. The van der Waals surface area contributed by atoms with Gasteiger partial charge in [-0.05, 0) is 0 Å². The standard InChI is InChI=1S/C8H11O6.Mo/c9-7(10)13-5-1-2-6(4-3-5)14-8(11)12;/h5H,1-4H2,(H,9,10)(H,11,12);. The van der Waals surface area contributed by atoms with Gasteiger partial charge < -0.3 is 0 Å². The van der Waals surface area contributed by atoms with Crippen molar-refractivity contribution in [1.82, 2.24) is 0 Å². The van der Waals surface area contributed by atoms with Crippen LogP contribution >= 0.6 is 0 Å². The number of hydrogen-bond acceptors (Lipinski definition) is 4. The van der Waals surface area contributed by atoms with Crippen LogP contribution in [0.5, 0.6) is 0 Å². The molecular weight excluding hydrogens is 288 g/mol. The Balaban J connectivity index is 2.40. The molecule has 0 heterocycles. The normalized spacial score (nSPS) is 30.5. The monoisotopic (exact) mass is 301 g/mol. The third kappa shape index (κ3) is 4.08. The van der Waals surface area contributed by atoms with Crippen LogP contribution in [0, 0.1) is 0 Å². The van der Waals surface area contributed by atoms with E-state index in [9.17, 15) is 9.59 Å². The van der Waals surface area contributed by atoms with Gasteiger partial charge in [0.15, 0.2) is 0 Å². The molecular formula is C8H11MoO6. The van der Waals surface area contributed by atoms with Gasteiger partial charge in [0.1, 0.15) is 0 Å². The fourth-order valence-electron chi connectivity index (χ4n) is 1.55. The molecule has 0 spiro atoms. The van der Waals surface area contributed by atoms with Crippen molar-refractivity contribution in [3.8, 4) is 0 Å². The molecule has 0 aliphatic heterocycles. The molecule has 0 unspecified atom stereocenters. The Morgan fingerprint density at radius 2 is 1.73 bits per heavy atom. The summed E-state index contributed by atoms with van der Waals surface area (Å²) in [7, 11) is 0. The molecule has 0 atom stereocenters. The average molecular weight is 299 g/mol. The van der Waals surface area contributed by atoms with E-state index in [4.69, 9.17) is 14.9 Å². The first-order valence-corrected chi connectivity index (χ1v) is 5.43. The zero-order valence-electron chi connectivity index (χ0n) is 7.84. The van der Waals surface area contributed by atoms with Gasteiger partial charge in [0.25, 0.3) is 0 Å². The molecule has 1 fully saturated rings. The van der Waals surface area contributed by atoms with Gasteiger partial charge in [0.05, 0.1) is 0 Å². The first-order chi connectivity index (χ1) is 6.91. The van der Waals surface area contributed by atoms with Gasteiger partial charge in [0.2, 0.25) is 0 Å². The number of rotatable bonds is 2. The van der Waals surface area contributed by atoms with Crippen LogP contribution in [0.1, 0.15) is 25.7 Å². The Morgan fingerprint density at radius 1 is 1.20 bits per heavy atom. The van der Waals surface area contributed by atoms with Crippen LogP contribution < -0.4 is 0 Å². The van der Waals surface area contributed by atoms with Crippen LogP contribution in [0.15, 0.2) is 0 Å². The summed E-state index contributed by atoms with van der Waals surface area (Å²) in [5, 5.41) is 16.9. The fraction of sp³-hybridized carbons (Fsp3) is 0.750. The van der Waals surface area contributed by atoms with Crippen molar-refractivity contribution in [3.05, 3.63) is 0 Å². The third-order valence-electron chi connectivity index (χ3n) is 2.24. The minimum absolute atomic E-state index is 0.338. The zero-order chi connectivity index (χ0) is 11.5. The van der Waals surface area contributed by atoms with E-state index in [-0.39, 0.29) is 6.10 Å². The summed E-state index contributed by atoms with van der Waals surface area (Å²) in [4.78, 5) is 20.6. The first-order valence-electron chi connectivity index (χ1n) is 4.43. The molecule has 0 amide bonds. The Bertz CT molecular complexity index is 258. The van der Waals surface area contributed by atoms with E-state index < -0.39 is 16.3 Å². The molecule has 0 saturated heterocycles. The number of carboxylic acid groups (broad SMARTS) is 2. The summed E-state index contributed by atoms with van der Waals surface area (Å²) in [6.07, 6.45) is -0.947. The second-order valence-electron chi connectivity index (χ2n) is 3.36. The van der Waals surface area contributed by atoms with E-state index in [0.29, 0.717) is 25.7 Å². The van der Waals surface area contributed by atoms with E-state index in [1.165, 1.54) is 0 Å². The van der Waals surface area contributed by atoms with Gasteiger partial charge in [-0.1, -0.05) is 0 Å². The van der Waals surface area contributed by atoms with Crippen LogP contribution in [0.4, 0.5) is 9.59 Å². The summed E-state index contributed by atoms with van der Waals surface area (Å²) in [5.74, 6) is 0. The minimum atomic E-state index is -1.29.